The van der Waals surface area contributed by atoms with Crippen LogP contribution < -0.4 is 5.32 Å². The van der Waals surface area contributed by atoms with E-state index in [9.17, 15) is 0 Å². The monoisotopic (exact) mass is 174 g/mol. The summed E-state index contributed by atoms with van der Waals surface area (Å²) in [5, 5.41) is 9.29. The zero-order valence-electron chi connectivity index (χ0n) is 7.23. The standard InChI is InChI=1S/C5H11N.C3H7NS/c1-2-4-6-5-3-1;1-2-3(4)5/h6H,1-5H2;2H2,1H3,(H2,4,5). The molecule has 3 heteroatoms. The molecule has 0 spiro atoms. The van der Waals surface area contributed by atoms with Gasteiger partial charge in [-0.15, -0.1) is 5.04 Å². The van der Waals surface area contributed by atoms with E-state index in [4.69, 9.17) is 5.41 Å². The Morgan fingerprint density at radius 1 is 1.36 bits per heavy atom. The van der Waals surface area contributed by atoms with Crippen molar-refractivity contribution in [2.45, 2.75) is 32.6 Å². The zero-order chi connectivity index (χ0) is 8.53. The van der Waals surface area contributed by atoms with Crippen LogP contribution in [0, 0.1) is 5.41 Å². The van der Waals surface area contributed by atoms with Crippen LogP contribution in [0.3, 0.4) is 0 Å². The van der Waals surface area contributed by atoms with Crippen LogP contribution in [-0.4, -0.2) is 18.1 Å². The Bertz CT molecular complexity index is 88.8. The number of piperidine rings is 1. The number of hydrogen-bond donors (Lipinski definition) is 2. The van der Waals surface area contributed by atoms with Crippen LogP contribution in [0.2, 0.25) is 0 Å². The van der Waals surface area contributed by atoms with Gasteiger partial charge in [-0.25, -0.2) is 0 Å². The highest BCUT2D eigenvalue weighted by molar-refractivity contribution is 7.77. The van der Waals surface area contributed by atoms with Crippen LogP contribution >= 0.6 is 0 Å². The molecule has 0 saturated carbocycles. The third-order valence-electron chi connectivity index (χ3n) is 1.64. The number of nitrogens with one attached hydrogen (secondary N) is 1. The summed E-state index contributed by atoms with van der Waals surface area (Å²) in [6.45, 7) is 4.62. The van der Waals surface area contributed by atoms with Crippen molar-refractivity contribution < 1.29 is 5.32 Å². The maximum Gasteiger partial charge on any atom is 0.0755 e. The molecule has 1 aliphatic heterocycles. The average molecular weight is 174 g/mol. The molecule has 0 atom stereocenters. The van der Waals surface area contributed by atoms with E-state index in [1.54, 1.807) is 0 Å². The molecular weight excluding hydrogens is 156 g/mol. The topological polar surface area (TPSA) is 40.5 Å². The van der Waals surface area contributed by atoms with Crippen molar-refractivity contribution in [2.24, 2.45) is 0 Å². The number of rotatable bonds is 1. The maximum absolute atomic E-state index is 6.56. The fourth-order valence-electron chi connectivity index (χ4n) is 0.898. The first-order valence-corrected chi connectivity index (χ1v) is 4.74. The van der Waals surface area contributed by atoms with Gasteiger partial charge in [0.25, 0.3) is 0 Å². The lowest BCUT2D eigenvalue weighted by Crippen LogP contribution is -2.85. The molecule has 1 saturated heterocycles. The van der Waals surface area contributed by atoms with Crippen LogP contribution in [0.15, 0.2) is 0 Å². The molecule has 1 aliphatic rings. The van der Waals surface area contributed by atoms with E-state index in [1.165, 1.54) is 32.4 Å². The Morgan fingerprint density at radius 3 is 1.91 bits per heavy atom. The quantitative estimate of drug-likeness (QED) is 0.342. The minimum absolute atomic E-state index is 0.338. The Labute approximate surface area is 74.7 Å². The summed E-state index contributed by atoms with van der Waals surface area (Å²) in [5.41, 5.74) is 0. The van der Waals surface area contributed by atoms with E-state index in [0.29, 0.717) is 11.5 Å². The normalized spacial score (nSPS) is 16.5. The first kappa shape index (κ1) is 10.8. The van der Waals surface area contributed by atoms with Crippen molar-refractivity contribution in [1.29, 1.82) is 5.41 Å². The molecule has 0 bridgehead atoms. The van der Waals surface area contributed by atoms with Gasteiger partial charge in [0, 0.05) is 0 Å². The van der Waals surface area contributed by atoms with E-state index in [-0.39, 0.29) is 0 Å². The van der Waals surface area contributed by atoms with Gasteiger partial charge in [-0.1, -0.05) is 6.92 Å². The van der Waals surface area contributed by atoms with Crippen molar-refractivity contribution in [3.05, 3.63) is 0 Å². The van der Waals surface area contributed by atoms with Gasteiger partial charge in [-0.3, -0.25) is 0 Å². The Morgan fingerprint density at radius 2 is 1.82 bits per heavy atom. The summed E-state index contributed by atoms with van der Waals surface area (Å²) in [7, 11) is 0. The summed E-state index contributed by atoms with van der Waals surface area (Å²) in [4.78, 5) is 0. The summed E-state index contributed by atoms with van der Waals surface area (Å²) < 4.78 is 0. The van der Waals surface area contributed by atoms with Crippen LogP contribution in [-0.2, 0) is 12.6 Å². The molecule has 0 aromatic rings. The van der Waals surface area contributed by atoms with E-state index in [0.717, 1.165) is 0 Å². The number of hydrogen-bond acceptors (Lipinski definition) is 2. The van der Waals surface area contributed by atoms with Gasteiger partial charge >= 0.3 is 0 Å². The largest absolute Gasteiger partial charge is 0.765 e. The molecule has 2 nitrogen and oxygen atoms in total. The Hall–Kier alpha value is -0.150. The van der Waals surface area contributed by atoms with Gasteiger partial charge < -0.3 is 23.4 Å². The predicted octanol–water partition coefficient (Wildman–Crippen LogP) is 0.654. The molecule has 1 rings (SSSR count). The molecule has 0 aromatic heterocycles. The van der Waals surface area contributed by atoms with Crippen LogP contribution in [0.1, 0.15) is 32.6 Å². The van der Waals surface area contributed by atoms with E-state index >= 15 is 0 Å². The average Bonchev–Trinajstić information content (AvgIpc) is 2.09. The molecule has 66 valence electrons. The third-order valence-corrected chi connectivity index (χ3v) is 1.93. The second-order valence-corrected chi connectivity index (χ2v) is 3.20. The smallest absolute Gasteiger partial charge is 0.0755 e. The van der Waals surface area contributed by atoms with Crippen molar-refractivity contribution in [1.82, 2.24) is 0 Å². The second kappa shape index (κ2) is 7.95. The molecule has 0 radical (unpaired) electrons. The molecule has 0 unspecified atom stereocenters. The summed E-state index contributed by atoms with van der Waals surface area (Å²) in [6.07, 6.45) is 5.06. The maximum atomic E-state index is 6.56. The van der Waals surface area contributed by atoms with Crippen LogP contribution in [0.4, 0.5) is 0 Å². The van der Waals surface area contributed by atoms with Gasteiger partial charge in [0.15, 0.2) is 0 Å². The lowest BCUT2D eigenvalue weighted by molar-refractivity contribution is -0.662. The SMILES string of the molecule is C1CC[NH2+]CC1.CCC(=N)[S-]. The third kappa shape index (κ3) is 9.85. The lowest BCUT2D eigenvalue weighted by atomic mass is 10.2. The van der Waals surface area contributed by atoms with Gasteiger partial charge in [0.1, 0.15) is 0 Å². The van der Waals surface area contributed by atoms with Crippen molar-refractivity contribution in [3.8, 4) is 0 Å². The highest BCUT2D eigenvalue weighted by atomic mass is 32.1. The molecule has 0 amide bonds. The molecule has 0 aliphatic carbocycles. The number of nitrogens with two attached hydrogens (primary N) is 1. The Kier molecular flexibility index (Phi) is 7.84. The lowest BCUT2D eigenvalue weighted by Gasteiger charge is -2.05. The van der Waals surface area contributed by atoms with Crippen molar-refractivity contribution in [3.63, 3.8) is 0 Å². The summed E-state index contributed by atoms with van der Waals surface area (Å²) >= 11 is 4.36. The minimum Gasteiger partial charge on any atom is -0.765 e. The first-order valence-electron chi connectivity index (χ1n) is 4.33. The molecule has 3 N–H and O–H groups in total. The van der Waals surface area contributed by atoms with E-state index in [2.05, 4.69) is 17.9 Å². The molecule has 1 fully saturated rings. The van der Waals surface area contributed by atoms with Gasteiger partial charge in [0.2, 0.25) is 0 Å². The number of quaternary nitrogens is 1. The Balaban J connectivity index is 0.000000187. The molecular formula is C8H18N2S. The van der Waals surface area contributed by atoms with Crippen LogP contribution in [0.5, 0.6) is 0 Å². The highest BCUT2D eigenvalue weighted by Crippen LogP contribution is 1.91. The first-order chi connectivity index (χ1) is 5.27. The van der Waals surface area contributed by atoms with Crippen LogP contribution in [0.25, 0.3) is 0 Å². The van der Waals surface area contributed by atoms with Crippen molar-refractivity contribution >= 4 is 17.7 Å². The van der Waals surface area contributed by atoms with Gasteiger partial charge in [-0.2, -0.15) is 0 Å². The fraction of sp³-hybridized carbons (Fsp3) is 0.875. The van der Waals surface area contributed by atoms with E-state index < -0.39 is 0 Å². The second-order valence-electron chi connectivity index (χ2n) is 2.70. The summed E-state index contributed by atoms with van der Waals surface area (Å²) in [5.74, 6) is 0. The van der Waals surface area contributed by atoms with E-state index in [1.807, 2.05) is 6.92 Å². The molecule has 0 aromatic carbocycles. The zero-order valence-corrected chi connectivity index (χ0v) is 8.04. The van der Waals surface area contributed by atoms with Gasteiger partial charge in [0.05, 0.1) is 13.1 Å². The van der Waals surface area contributed by atoms with Gasteiger partial charge in [-0.05, 0) is 25.7 Å². The minimum atomic E-state index is 0.338. The highest BCUT2D eigenvalue weighted by Gasteiger charge is 1.97. The summed E-state index contributed by atoms with van der Waals surface area (Å²) in [6, 6.07) is 0. The molecule has 11 heavy (non-hydrogen) atoms. The van der Waals surface area contributed by atoms with Crippen molar-refractivity contribution in [2.75, 3.05) is 13.1 Å². The fourth-order valence-corrected chi connectivity index (χ4v) is 0.898. The molecule has 1 heterocycles. The predicted molar refractivity (Wildman–Crippen MR) is 50.9 cm³/mol.